The third-order valence-corrected chi connectivity index (χ3v) is 8.23. The average Bonchev–Trinajstić information content (AvgIpc) is 3.49. The Morgan fingerprint density at radius 2 is 1.94 bits per heavy atom. The van der Waals surface area contributed by atoms with Crippen LogP contribution in [0.25, 0.3) is 10.9 Å². The lowest BCUT2D eigenvalue weighted by Gasteiger charge is -2.28. The molecule has 3 heterocycles. The van der Waals surface area contributed by atoms with Gasteiger partial charge >= 0.3 is 6.09 Å². The Hall–Kier alpha value is -2.69. The second-order valence-electron chi connectivity index (χ2n) is 9.69. The van der Waals surface area contributed by atoms with Crippen molar-refractivity contribution in [1.29, 1.82) is 0 Å². The van der Waals surface area contributed by atoms with E-state index < -0.39 is 11.2 Å². The quantitative estimate of drug-likeness (QED) is 0.226. The molecular weight excluding hydrogens is 498 g/mol. The first kappa shape index (κ1) is 26.4. The zero-order chi connectivity index (χ0) is 26.1. The lowest BCUT2D eigenvalue weighted by Crippen LogP contribution is -2.38. The maximum atomic E-state index is 13.1. The van der Waals surface area contributed by atoms with E-state index in [0.29, 0.717) is 36.0 Å². The summed E-state index contributed by atoms with van der Waals surface area (Å²) >= 11 is 2.81. The van der Waals surface area contributed by atoms with Gasteiger partial charge in [-0.15, -0.1) is 11.3 Å². The Morgan fingerprint density at radius 1 is 1.17 bits per heavy atom. The molecule has 1 unspecified atom stereocenters. The largest absolute Gasteiger partial charge is 0.497 e. The van der Waals surface area contributed by atoms with E-state index in [1.165, 1.54) is 23.1 Å². The van der Waals surface area contributed by atoms with E-state index in [2.05, 4.69) is 9.97 Å². The maximum absolute atomic E-state index is 13.1. The fourth-order valence-electron chi connectivity index (χ4n) is 4.10. The Kier molecular flexibility index (Phi) is 7.59. The van der Waals surface area contributed by atoms with Crippen molar-refractivity contribution < 1.29 is 23.8 Å². The van der Waals surface area contributed by atoms with Crippen molar-refractivity contribution in [3.8, 4) is 5.75 Å². The third-order valence-electron chi connectivity index (χ3n) is 5.92. The van der Waals surface area contributed by atoms with E-state index in [9.17, 15) is 9.59 Å². The second-order valence-corrected chi connectivity index (χ2v) is 11.7. The van der Waals surface area contributed by atoms with Gasteiger partial charge in [0.05, 0.1) is 29.8 Å². The number of amides is 1. The number of fused-ring (bicyclic) bond motifs is 1. The molecule has 192 valence electrons. The van der Waals surface area contributed by atoms with Gasteiger partial charge in [0.15, 0.2) is 5.78 Å². The number of rotatable bonds is 7. The van der Waals surface area contributed by atoms with Crippen molar-refractivity contribution in [2.24, 2.45) is 0 Å². The van der Waals surface area contributed by atoms with Gasteiger partial charge in [0.1, 0.15) is 27.8 Å². The Labute approximate surface area is 219 Å². The number of ketones is 1. The number of hydrogen-bond donors (Lipinski definition) is 0. The van der Waals surface area contributed by atoms with Crippen LogP contribution in [0.4, 0.5) is 4.79 Å². The molecule has 1 atom stereocenters. The summed E-state index contributed by atoms with van der Waals surface area (Å²) in [5, 5.41) is 1.61. The van der Waals surface area contributed by atoms with Crippen LogP contribution in [0.3, 0.4) is 0 Å². The van der Waals surface area contributed by atoms with Crippen molar-refractivity contribution in [3.63, 3.8) is 0 Å². The fourth-order valence-corrected chi connectivity index (χ4v) is 6.26. The van der Waals surface area contributed by atoms with Crippen molar-refractivity contribution in [1.82, 2.24) is 14.9 Å². The molecule has 3 aromatic rings. The highest BCUT2D eigenvalue weighted by Crippen LogP contribution is 2.40. The molecule has 1 saturated heterocycles. The summed E-state index contributed by atoms with van der Waals surface area (Å²) in [6.45, 7) is 8.30. The van der Waals surface area contributed by atoms with E-state index >= 15 is 0 Å². The van der Waals surface area contributed by atoms with Crippen molar-refractivity contribution in [2.75, 3.05) is 33.1 Å². The molecule has 0 bridgehead atoms. The summed E-state index contributed by atoms with van der Waals surface area (Å²) in [6, 6.07) is 9.42. The molecule has 1 amide bonds. The van der Waals surface area contributed by atoms with Crippen LogP contribution >= 0.6 is 23.1 Å². The Morgan fingerprint density at radius 3 is 2.64 bits per heavy atom. The van der Waals surface area contributed by atoms with Gasteiger partial charge in [0, 0.05) is 30.3 Å². The van der Waals surface area contributed by atoms with Crippen LogP contribution in [0.5, 0.6) is 5.75 Å². The standard InChI is InChI=1S/C26H31N3O5S2/c1-16-27-19-8-7-17(32-5)13-18(19)23(28-16)35-14-20(30)21-9-10-22(36-21)26(33-6)11-12-29(15-26)24(31)34-25(2,3)4/h7-10,13H,11-12,14-15H2,1-6H3. The molecule has 0 spiro atoms. The monoisotopic (exact) mass is 529 g/mol. The van der Waals surface area contributed by atoms with Gasteiger partial charge in [-0.3, -0.25) is 4.79 Å². The van der Waals surface area contributed by atoms with Crippen LogP contribution in [0.1, 0.15) is 47.6 Å². The minimum atomic E-state index is -0.649. The smallest absolute Gasteiger partial charge is 0.410 e. The van der Waals surface area contributed by atoms with Crippen molar-refractivity contribution in [3.05, 3.63) is 45.9 Å². The topological polar surface area (TPSA) is 90.9 Å². The van der Waals surface area contributed by atoms with Crippen LogP contribution in [0.2, 0.25) is 0 Å². The maximum Gasteiger partial charge on any atom is 0.410 e. The first-order valence-electron chi connectivity index (χ1n) is 11.7. The Balaban J connectivity index is 1.47. The molecule has 0 N–H and O–H groups in total. The molecular formula is C26H31N3O5S2. The number of thioether (sulfide) groups is 1. The number of hydrogen-bond acceptors (Lipinski definition) is 9. The highest BCUT2D eigenvalue weighted by Gasteiger charge is 2.44. The number of ether oxygens (including phenoxy) is 3. The van der Waals surface area contributed by atoms with Crippen LogP contribution < -0.4 is 4.74 Å². The number of carbonyl (C=O) groups excluding carboxylic acids is 2. The highest BCUT2D eigenvalue weighted by molar-refractivity contribution is 8.00. The van der Waals surface area contributed by atoms with Gasteiger partial charge < -0.3 is 19.1 Å². The van der Waals surface area contributed by atoms with Gasteiger partial charge in [-0.2, -0.15) is 0 Å². The van der Waals surface area contributed by atoms with Crippen molar-refractivity contribution in [2.45, 2.75) is 50.3 Å². The van der Waals surface area contributed by atoms with E-state index in [1.807, 2.05) is 58.0 Å². The highest BCUT2D eigenvalue weighted by atomic mass is 32.2. The van der Waals surface area contributed by atoms with Crippen LogP contribution in [0.15, 0.2) is 35.4 Å². The van der Waals surface area contributed by atoms with Gasteiger partial charge in [-0.1, -0.05) is 11.8 Å². The fraction of sp³-hybridized carbons (Fsp3) is 0.462. The minimum absolute atomic E-state index is 0.0109. The number of Topliss-reactive ketones (excluding diaryl/α,β-unsaturated/α-hetero) is 1. The average molecular weight is 530 g/mol. The second kappa shape index (κ2) is 10.4. The normalized spacial score (nSPS) is 18.0. The van der Waals surface area contributed by atoms with Crippen LogP contribution in [-0.2, 0) is 15.1 Å². The molecule has 1 aliphatic rings. The predicted octanol–water partition coefficient (Wildman–Crippen LogP) is 5.47. The molecule has 10 heteroatoms. The molecule has 4 rings (SSSR count). The third kappa shape index (κ3) is 5.66. The van der Waals surface area contributed by atoms with Gasteiger partial charge in [-0.05, 0) is 58.0 Å². The number of benzene rings is 1. The van der Waals surface area contributed by atoms with Gasteiger partial charge in [0.25, 0.3) is 0 Å². The predicted molar refractivity (Wildman–Crippen MR) is 141 cm³/mol. The summed E-state index contributed by atoms with van der Waals surface area (Å²) in [6.07, 6.45) is 0.286. The lowest BCUT2D eigenvalue weighted by atomic mass is 10.0. The first-order valence-corrected chi connectivity index (χ1v) is 13.5. The zero-order valence-electron chi connectivity index (χ0n) is 21.4. The molecule has 1 fully saturated rings. The van der Waals surface area contributed by atoms with Crippen LogP contribution in [0, 0.1) is 6.92 Å². The summed E-state index contributed by atoms with van der Waals surface area (Å²) in [5.41, 5.74) is -0.396. The molecule has 1 aliphatic heterocycles. The summed E-state index contributed by atoms with van der Waals surface area (Å²) < 4.78 is 16.8. The number of methoxy groups -OCH3 is 2. The molecule has 2 aromatic heterocycles. The number of thiophene rings is 1. The van der Waals surface area contributed by atoms with E-state index in [-0.39, 0.29) is 17.6 Å². The molecule has 36 heavy (non-hydrogen) atoms. The van der Waals surface area contributed by atoms with Gasteiger partial charge in [0.2, 0.25) is 0 Å². The summed E-state index contributed by atoms with van der Waals surface area (Å²) in [4.78, 5) is 38.0. The molecule has 8 nitrogen and oxygen atoms in total. The Bertz CT molecular complexity index is 1290. The number of aromatic nitrogens is 2. The van der Waals surface area contributed by atoms with Crippen molar-refractivity contribution >= 4 is 45.9 Å². The summed E-state index contributed by atoms with van der Waals surface area (Å²) in [7, 11) is 3.26. The molecule has 0 radical (unpaired) electrons. The first-order chi connectivity index (χ1) is 17.0. The molecule has 0 aliphatic carbocycles. The van der Waals surface area contributed by atoms with Crippen LogP contribution in [-0.4, -0.2) is 65.4 Å². The van der Waals surface area contributed by atoms with E-state index in [4.69, 9.17) is 14.2 Å². The number of aryl methyl sites for hydroxylation is 1. The molecule has 1 aromatic carbocycles. The number of likely N-dealkylation sites (tertiary alicyclic amines) is 1. The lowest BCUT2D eigenvalue weighted by molar-refractivity contribution is -0.0106. The summed E-state index contributed by atoms with van der Waals surface area (Å²) in [5.74, 6) is 1.62. The van der Waals surface area contributed by atoms with E-state index in [1.54, 1.807) is 19.1 Å². The van der Waals surface area contributed by atoms with E-state index in [0.717, 1.165) is 20.8 Å². The number of nitrogens with zero attached hydrogens (tertiary/aromatic N) is 3. The SMILES string of the molecule is COc1ccc2nc(C)nc(SCC(=O)c3ccc(C4(OC)CCN(C(=O)OC(C)(C)C)C4)s3)c2c1. The molecule has 0 saturated carbocycles. The van der Waals surface area contributed by atoms with Gasteiger partial charge in [-0.25, -0.2) is 14.8 Å². The minimum Gasteiger partial charge on any atom is -0.497 e. The zero-order valence-corrected chi connectivity index (χ0v) is 23.0. The number of carbonyl (C=O) groups is 2.